The largest absolute Gasteiger partial charge is 0.279 e. The number of anilines is 9. The average molecular weight is 833 g/mol. The number of pyridine rings is 1. The summed E-state index contributed by atoms with van der Waals surface area (Å²) in [6, 6.07) is 55.5. The van der Waals surface area contributed by atoms with E-state index in [1.165, 1.54) is 22.3 Å². The van der Waals surface area contributed by atoms with E-state index in [0.717, 1.165) is 56.4 Å². The molecule has 0 atom stereocenters. The van der Waals surface area contributed by atoms with E-state index in [9.17, 15) is 0 Å². The van der Waals surface area contributed by atoms with E-state index in [1.807, 2.05) is 37.5 Å². The molecule has 6 aromatic carbocycles. The summed E-state index contributed by atoms with van der Waals surface area (Å²) in [7, 11) is 0. The Labute approximate surface area is 375 Å². The minimum atomic E-state index is -0.272. The Morgan fingerprint density at radius 1 is 0.531 bits per heavy atom. The molecule has 8 heteroatoms. The van der Waals surface area contributed by atoms with E-state index >= 15 is 0 Å². The van der Waals surface area contributed by atoms with Crippen molar-refractivity contribution in [3.05, 3.63) is 216 Å². The van der Waals surface area contributed by atoms with Gasteiger partial charge in [-0.25, -0.2) is 0 Å². The van der Waals surface area contributed by atoms with Crippen LogP contribution in [0.3, 0.4) is 0 Å². The lowest BCUT2D eigenvalue weighted by Gasteiger charge is -2.42. The second-order valence-corrected chi connectivity index (χ2v) is 17.1. The number of aliphatic imine (C=N–C) groups is 1. The third-order valence-corrected chi connectivity index (χ3v) is 12.7. The van der Waals surface area contributed by atoms with Crippen molar-refractivity contribution in [2.45, 2.75) is 45.4 Å². The minimum absolute atomic E-state index is 0.272. The maximum atomic E-state index is 5.54. The quantitative estimate of drug-likeness (QED) is 0.106. The number of aromatic nitrogens is 4. The van der Waals surface area contributed by atoms with Gasteiger partial charge in [0.1, 0.15) is 0 Å². The van der Waals surface area contributed by atoms with Crippen LogP contribution in [0.5, 0.6) is 0 Å². The molecule has 0 N–H and O–H groups in total. The van der Waals surface area contributed by atoms with Gasteiger partial charge in [-0.1, -0.05) is 131 Å². The van der Waals surface area contributed by atoms with Crippen molar-refractivity contribution in [2.75, 3.05) is 14.7 Å². The van der Waals surface area contributed by atoms with Crippen LogP contribution >= 0.6 is 0 Å². The lowest BCUT2D eigenvalue weighted by atomic mass is 9.74. The van der Waals surface area contributed by atoms with Crippen LogP contribution in [0.4, 0.5) is 52.0 Å². The number of para-hydroxylation sites is 4. The number of rotatable bonds is 9. The molecule has 0 fully saturated rings. The first-order chi connectivity index (χ1) is 31.2. The smallest absolute Gasteiger partial charge is 0.241 e. The zero-order valence-corrected chi connectivity index (χ0v) is 36.7. The molecule has 64 heavy (non-hydrogen) atoms. The first-order valence-corrected chi connectivity index (χ1v) is 21.6. The number of nitrogens with zero attached hydrogens (tertiary/aromatic N) is 8. The molecule has 2 aliphatic heterocycles. The Balaban J connectivity index is 1.25. The lowest BCUT2D eigenvalue weighted by molar-refractivity contribution is 0.629. The molecule has 0 unspecified atom stereocenters. The average Bonchev–Trinajstić information content (AvgIpc) is 3.33. The fourth-order valence-electron chi connectivity index (χ4n) is 9.43. The number of benzene rings is 6. The maximum Gasteiger partial charge on any atom is 0.241 e. The maximum absolute atomic E-state index is 5.54. The molecular weight excluding hydrogens is 785 g/mol. The van der Waals surface area contributed by atoms with E-state index in [1.54, 1.807) is 6.20 Å². The third-order valence-electron chi connectivity index (χ3n) is 12.7. The highest BCUT2D eigenvalue weighted by atomic mass is 15.4. The first-order valence-electron chi connectivity index (χ1n) is 21.6. The number of hydrogen-bond acceptors (Lipinski definition) is 8. The van der Waals surface area contributed by atoms with Gasteiger partial charge >= 0.3 is 0 Å². The van der Waals surface area contributed by atoms with Gasteiger partial charge in [-0.2, -0.15) is 15.0 Å². The first kappa shape index (κ1) is 40.1. The number of hydrogen-bond donors (Lipinski definition) is 0. The Morgan fingerprint density at radius 3 is 1.36 bits per heavy atom. The molecule has 4 heterocycles. The van der Waals surface area contributed by atoms with Crippen LogP contribution in [0.25, 0.3) is 16.7 Å². The van der Waals surface area contributed by atoms with Crippen molar-refractivity contribution in [3.63, 3.8) is 0 Å². The molecular formula is C56H48N8. The van der Waals surface area contributed by atoms with E-state index in [0.29, 0.717) is 17.8 Å². The molecule has 2 aromatic heterocycles. The summed E-state index contributed by atoms with van der Waals surface area (Å²) in [6.45, 7) is 14.8. The van der Waals surface area contributed by atoms with Gasteiger partial charge < -0.3 is 0 Å². The van der Waals surface area contributed by atoms with Crippen LogP contribution in [0.1, 0.15) is 62.4 Å². The highest BCUT2D eigenvalue weighted by Crippen LogP contribution is 2.54. The molecule has 0 saturated heterocycles. The Hall–Kier alpha value is -7.97. The summed E-state index contributed by atoms with van der Waals surface area (Å²) in [5.74, 6) is 1.47. The summed E-state index contributed by atoms with van der Waals surface area (Å²) in [4.78, 5) is 31.4. The van der Waals surface area contributed by atoms with Crippen LogP contribution < -0.4 is 14.7 Å². The molecule has 10 rings (SSSR count). The molecule has 0 radical (unpaired) electrons. The van der Waals surface area contributed by atoms with Crippen molar-refractivity contribution >= 4 is 64.3 Å². The van der Waals surface area contributed by atoms with Crippen molar-refractivity contribution in [2.24, 2.45) is 4.99 Å². The van der Waals surface area contributed by atoms with Crippen molar-refractivity contribution in [1.82, 2.24) is 19.9 Å². The Kier molecular flexibility index (Phi) is 10.1. The summed E-state index contributed by atoms with van der Waals surface area (Å²) in [5.41, 5.74) is 14.3. The van der Waals surface area contributed by atoms with E-state index in [2.05, 4.69) is 211 Å². The molecule has 8 nitrogen and oxygen atoms in total. The molecule has 0 amide bonds. The van der Waals surface area contributed by atoms with Gasteiger partial charge in [0.15, 0.2) is 0 Å². The van der Waals surface area contributed by atoms with Crippen molar-refractivity contribution < 1.29 is 0 Å². The predicted octanol–water partition coefficient (Wildman–Crippen LogP) is 14.2. The standard InChI is InChI=1S/C56H48N8/c1-7-38(32-35-57-6)39-24-28-42(29-25-39)62(43-30-26-40(27-31-43)41-33-36-58-37-34-41)52-59-53(63-48-20-12-8-16-44(48)55(2,3)45-17-9-13-21-49(45)63)61-54(60-52)64-50-22-14-10-18-46(50)56(4,5)47-19-11-15-23-51(47)64/h7-37H,6H2,1-5H3/b35-32-,38-7+. The highest BCUT2D eigenvalue weighted by molar-refractivity contribution is 5.88. The second kappa shape index (κ2) is 16.1. The third kappa shape index (κ3) is 6.75. The van der Waals surface area contributed by atoms with E-state index in [4.69, 9.17) is 15.0 Å². The van der Waals surface area contributed by atoms with Gasteiger partial charge in [-0.3, -0.25) is 24.7 Å². The lowest BCUT2D eigenvalue weighted by Crippen LogP contribution is -2.33. The van der Waals surface area contributed by atoms with Gasteiger partial charge in [-0.05, 0) is 125 Å². The minimum Gasteiger partial charge on any atom is -0.279 e. The normalized spacial score (nSPS) is 14.6. The Morgan fingerprint density at radius 2 is 0.938 bits per heavy atom. The van der Waals surface area contributed by atoms with Crippen molar-refractivity contribution in [1.29, 1.82) is 0 Å². The van der Waals surface area contributed by atoms with E-state index in [-0.39, 0.29) is 10.8 Å². The summed E-state index contributed by atoms with van der Waals surface area (Å²) in [6.07, 6.45) is 9.39. The van der Waals surface area contributed by atoms with Crippen LogP contribution in [-0.4, -0.2) is 26.7 Å². The molecule has 312 valence electrons. The van der Waals surface area contributed by atoms with Gasteiger partial charge in [0.05, 0.1) is 22.7 Å². The molecule has 0 saturated carbocycles. The molecule has 8 aromatic rings. The topological polar surface area (TPSA) is 73.6 Å². The number of fused-ring (bicyclic) bond motifs is 4. The number of allylic oxidation sites excluding steroid dienone is 3. The van der Waals surface area contributed by atoms with Gasteiger partial charge in [0.25, 0.3) is 0 Å². The fourth-order valence-corrected chi connectivity index (χ4v) is 9.43. The van der Waals surface area contributed by atoms with Gasteiger partial charge in [0.2, 0.25) is 17.8 Å². The van der Waals surface area contributed by atoms with Crippen LogP contribution in [0.15, 0.2) is 193 Å². The Bertz CT molecular complexity index is 2870. The van der Waals surface area contributed by atoms with E-state index < -0.39 is 0 Å². The van der Waals surface area contributed by atoms with Gasteiger partial charge in [-0.15, -0.1) is 0 Å². The SMILES string of the molecule is C=N/C=C\C(=C/C)c1ccc(N(c2ccc(-c3ccncc3)cc2)c2nc(N3c4ccccc4C(C)(C)c4ccccc43)nc(N3c4ccccc4C(C)(C)c4ccccc43)n2)cc1. The van der Waals surface area contributed by atoms with Crippen LogP contribution in [-0.2, 0) is 10.8 Å². The molecule has 0 spiro atoms. The predicted molar refractivity (Wildman–Crippen MR) is 264 cm³/mol. The summed E-state index contributed by atoms with van der Waals surface area (Å²) in [5, 5.41) is 0. The molecule has 0 aliphatic carbocycles. The molecule has 2 aliphatic rings. The monoisotopic (exact) mass is 832 g/mol. The summed E-state index contributed by atoms with van der Waals surface area (Å²) < 4.78 is 0. The van der Waals surface area contributed by atoms with Gasteiger partial charge in [0, 0.05) is 40.8 Å². The molecule has 0 bridgehead atoms. The highest BCUT2D eigenvalue weighted by Gasteiger charge is 2.40. The second-order valence-electron chi connectivity index (χ2n) is 17.1. The summed E-state index contributed by atoms with van der Waals surface area (Å²) >= 11 is 0. The van der Waals surface area contributed by atoms with Crippen molar-refractivity contribution in [3.8, 4) is 11.1 Å². The van der Waals surface area contributed by atoms with Crippen LogP contribution in [0.2, 0.25) is 0 Å². The fraction of sp³-hybridized carbons (Fsp3) is 0.125. The zero-order valence-electron chi connectivity index (χ0n) is 36.7. The van der Waals surface area contributed by atoms with Crippen LogP contribution in [0, 0.1) is 0 Å². The zero-order chi connectivity index (χ0) is 44.0.